The molecule has 1 rings (SSSR count). The van der Waals surface area contributed by atoms with E-state index in [1.54, 1.807) is 0 Å². The molecule has 1 unspecified atom stereocenters. The van der Waals surface area contributed by atoms with Crippen LogP contribution in [0.15, 0.2) is 0 Å². The zero-order valence-electron chi connectivity index (χ0n) is 9.77. The molecule has 0 spiro atoms. The monoisotopic (exact) mass is 248 g/mol. The lowest BCUT2D eigenvalue weighted by atomic mass is 9.97. The number of carbonyl (C=O) groups excluding carboxylic acids is 1. The largest absolute Gasteiger partial charge is 0.330 e. The summed E-state index contributed by atoms with van der Waals surface area (Å²) in [5, 5.41) is -0.367. The van der Waals surface area contributed by atoms with Gasteiger partial charge < -0.3 is 5.73 Å². The van der Waals surface area contributed by atoms with E-state index < -0.39 is 21.8 Å². The van der Waals surface area contributed by atoms with Crippen LogP contribution in [0.25, 0.3) is 0 Å². The molecule has 0 radical (unpaired) electrons. The number of nitrogens with one attached hydrogen (secondary N) is 1. The second-order valence-electron chi connectivity index (χ2n) is 4.77. The van der Waals surface area contributed by atoms with E-state index in [1.807, 2.05) is 13.8 Å². The van der Waals surface area contributed by atoms with Crippen LogP contribution < -0.4 is 10.5 Å². The summed E-state index contributed by atoms with van der Waals surface area (Å²) >= 11 is 0. The van der Waals surface area contributed by atoms with Gasteiger partial charge in [-0.3, -0.25) is 9.52 Å². The molecule has 0 aliphatic heterocycles. The first-order chi connectivity index (χ1) is 7.36. The number of rotatable bonds is 6. The molecule has 1 amide bonds. The van der Waals surface area contributed by atoms with Crippen LogP contribution in [-0.2, 0) is 14.8 Å². The zero-order chi connectivity index (χ0) is 12.3. The number of amides is 1. The van der Waals surface area contributed by atoms with E-state index in [2.05, 4.69) is 4.72 Å². The normalized spacial score (nSPS) is 18.5. The summed E-state index contributed by atoms with van der Waals surface area (Å²) < 4.78 is 25.2. The number of hydrogen-bond donors (Lipinski definition) is 2. The molecule has 0 aromatic heterocycles. The van der Waals surface area contributed by atoms with Crippen LogP contribution in [-0.4, -0.2) is 26.1 Å². The molecule has 3 N–H and O–H groups in total. The smallest absolute Gasteiger partial charge is 0.237 e. The molecule has 1 aliphatic carbocycles. The van der Waals surface area contributed by atoms with Crippen molar-refractivity contribution in [1.82, 2.24) is 4.72 Å². The molecule has 1 fully saturated rings. The van der Waals surface area contributed by atoms with Gasteiger partial charge in [-0.05, 0) is 25.2 Å². The first-order valence-electron chi connectivity index (χ1n) is 5.62. The van der Waals surface area contributed by atoms with Crippen molar-refractivity contribution in [2.24, 2.45) is 17.6 Å². The van der Waals surface area contributed by atoms with E-state index in [0.29, 0.717) is 25.2 Å². The maximum atomic E-state index is 11.7. The second kappa shape index (κ2) is 5.14. The first kappa shape index (κ1) is 13.4. The van der Waals surface area contributed by atoms with Crippen molar-refractivity contribution >= 4 is 15.9 Å². The highest BCUT2D eigenvalue weighted by Gasteiger charge is 2.37. The van der Waals surface area contributed by atoms with Crippen molar-refractivity contribution in [1.29, 1.82) is 0 Å². The Balaban J connectivity index is 2.55. The van der Waals surface area contributed by atoms with Crippen LogP contribution in [0.1, 0.15) is 33.1 Å². The Morgan fingerprint density at radius 3 is 2.38 bits per heavy atom. The summed E-state index contributed by atoms with van der Waals surface area (Å²) in [5.74, 6) is -0.542. The van der Waals surface area contributed by atoms with Gasteiger partial charge in [0.15, 0.2) is 0 Å². The Kier molecular flexibility index (Phi) is 4.32. The van der Waals surface area contributed by atoms with Gasteiger partial charge >= 0.3 is 0 Å². The number of hydrogen-bond acceptors (Lipinski definition) is 4. The Morgan fingerprint density at radius 2 is 2.00 bits per heavy atom. The SMILES string of the molecule is CC(C)CC(CN)C(=O)NS(=O)(=O)C1CC1. The molecule has 16 heavy (non-hydrogen) atoms. The van der Waals surface area contributed by atoms with Gasteiger partial charge in [0.2, 0.25) is 15.9 Å². The standard InChI is InChI=1S/C10H20N2O3S/c1-7(2)5-8(6-11)10(13)12-16(14,15)9-3-4-9/h7-9H,3-6,11H2,1-2H3,(H,12,13). The summed E-state index contributed by atoms with van der Waals surface area (Å²) in [5.41, 5.74) is 5.48. The Morgan fingerprint density at radius 1 is 1.44 bits per heavy atom. The van der Waals surface area contributed by atoms with Crippen LogP contribution in [0.2, 0.25) is 0 Å². The van der Waals surface area contributed by atoms with E-state index >= 15 is 0 Å². The molecular weight excluding hydrogens is 228 g/mol. The zero-order valence-corrected chi connectivity index (χ0v) is 10.6. The second-order valence-corrected chi connectivity index (χ2v) is 6.73. The summed E-state index contributed by atoms with van der Waals surface area (Å²) in [7, 11) is -3.43. The molecule has 5 nitrogen and oxygen atoms in total. The van der Waals surface area contributed by atoms with Crippen LogP contribution in [0.3, 0.4) is 0 Å². The molecule has 0 heterocycles. The average molecular weight is 248 g/mol. The summed E-state index contributed by atoms with van der Waals surface area (Å²) in [4.78, 5) is 11.7. The molecule has 0 aromatic carbocycles. The quantitative estimate of drug-likeness (QED) is 0.703. The van der Waals surface area contributed by atoms with Gasteiger partial charge in [-0.15, -0.1) is 0 Å². The van der Waals surface area contributed by atoms with Crippen molar-refractivity contribution < 1.29 is 13.2 Å². The third-order valence-electron chi connectivity index (χ3n) is 2.62. The predicted molar refractivity (Wildman–Crippen MR) is 62.1 cm³/mol. The van der Waals surface area contributed by atoms with Crippen molar-refractivity contribution in [2.45, 2.75) is 38.4 Å². The third kappa shape index (κ3) is 3.75. The fourth-order valence-corrected chi connectivity index (χ4v) is 2.93. The lowest BCUT2D eigenvalue weighted by Gasteiger charge is -2.16. The lowest BCUT2D eigenvalue weighted by molar-refractivity contribution is -0.123. The van der Waals surface area contributed by atoms with Gasteiger partial charge in [0, 0.05) is 6.54 Å². The molecule has 1 saturated carbocycles. The maximum Gasteiger partial charge on any atom is 0.237 e. The van der Waals surface area contributed by atoms with Crippen LogP contribution in [0.5, 0.6) is 0 Å². The summed E-state index contributed by atoms with van der Waals surface area (Å²) in [6.07, 6.45) is 1.92. The number of carbonyl (C=O) groups is 1. The Bertz CT molecular complexity index is 347. The van der Waals surface area contributed by atoms with E-state index in [1.165, 1.54) is 0 Å². The van der Waals surface area contributed by atoms with E-state index in [9.17, 15) is 13.2 Å². The van der Waals surface area contributed by atoms with Gasteiger partial charge in [0.05, 0.1) is 11.2 Å². The van der Waals surface area contributed by atoms with Crippen LogP contribution in [0, 0.1) is 11.8 Å². The van der Waals surface area contributed by atoms with Gasteiger partial charge in [-0.25, -0.2) is 8.42 Å². The fourth-order valence-electron chi connectivity index (χ4n) is 1.56. The lowest BCUT2D eigenvalue weighted by Crippen LogP contribution is -2.40. The van der Waals surface area contributed by atoms with Gasteiger partial charge in [-0.1, -0.05) is 13.8 Å². The topological polar surface area (TPSA) is 89.3 Å². The molecular formula is C10H20N2O3S. The van der Waals surface area contributed by atoms with E-state index in [4.69, 9.17) is 5.73 Å². The highest BCUT2D eigenvalue weighted by Crippen LogP contribution is 2.27. The highest BCUT2D eigenvalue weighted by molar-refractivity contribution is 7.90. The Labute approximate surface area is 96.8 Å². The summed E-state index contributed by atoms with van der Waals surface area (Å²) in [6.45, 7) is 4.14. The van der Waals surface area contributed by atoms with E-state index in [-0.39, 0.29) is 11.8 Å². The molecule has 1 aliphatic rings. The Hall–Kier alpha value is -0.620. The van der Waals surface area contributed by atoms with Gasteiger partial charge in [0.25, 0.3) is 0 Å². The fraction of sp³-hybridized carbons (Fsp3) is 0.900. The average Bonchev–Trinajstić information content (AvgIpc) is 2.95. The predicted octanol–water partition coefficient (Wildman–Crippen LogP) is 0.216. The first-order valence-corrected chi connectivity index (χ1v) is 7.17. The molecule has 0 aromatic rings. The van der Waals surface area contributed by atoms with Crippen LogP contribution >= 0.6 is 0 Å². The molecule has 0 bridgehead atoms. The van der Waals surface area contributed by atoms with Crippen molar-refractivity contribution in [2.75, 3.05) is 6.54 Å². The highest BCUT2D eigenvalue weighted by atomic mass is 32.2. The van der Waals surface area contributed by atoms with Crippen molar-refractivity contribution in [3.05, 3.63) is 0 Å². The van der Waals surface area contributed by atoms with Crippen molar-refractivity contribution in [3.63, 3.8) is 0 Å². The maximum absolute atomic E-state index is 11.7. The number of sulfonamides is 1. The molecule has 0 saturated heterocycles. The van der Waals surface area contributed by atoms with Crippen molar-refractivity contribution in [3.8, 4) is 0 Å². The van der Waals surface area contributed by atoms with Crippen LogP contribution in [0.4, 0.5) is 0 Å². The minimum atomic E-state index is -3.43. The molecule has 6 heteroatoms. The summed E-state index contributed by atoms with van der Waals surface area (Å²) in [6, 6.07) is 0. The molecule has 94 valence electrons. The third-order valence-corrected chi connectivity index (χ3v) is 4.45. The minimum absolute atomic E-state index is 0.185. The molecule has 1 atom stereocenters. The van der Waals surface area contributed by atoms with E-state index in [0.717, 1.165) is 0 Å². The van der Waals surface area contributed by atoms with Gasteiger partial charge in [0.1, 0.15) is 0 Å². The minimum Gasteiger partial charge on any atom is -0.330 e. The van der Waals surface area contributed by atoms with Gasteiger partial charge in [-0.2, -0.15) is 0 Å². The number of nitrogens with two attached hydrogens (primary N) is 1.